The Hall–Kier alpha value is -1.85. The normalized spacial score (nSPS) is 16.9. The second-order valence-corrected chi connectivity index (χ2v) is 5.47. The maximum Gasteiger partial charge on any atom is 0.268 e. The Bertz CT molecular complexity index is 655. The molecule has 2 N–H and O–H groups in total. The highest BCUT2D eigenvalue weighted by atomic mass is 16.5. The fraction of sp³-hybridized carbons (Fsp3) is 0.438. The molecule has 1 aromatic carbocycles. The number of aryl methyl sites for hydroxylation is 2. The monoisotopic (exact) mass is 288 g/mol. The number of benzene rings is 1. The molecule has 2 heterocycles. The average Bonchev–Trinajstić information content (AvgIpc) is 2.75. The van der Waals surface area contributed by atoms with Crippen molar-refractivity contribution in [3.05, 3.63) is 35.0 Å². The van der Waals surface area contributed by atoms with Gasteiger partial charge in [-0.1, -0.05) is 6.07 Å². The SMILES string of the molecule is Cc1ccc2[nH]c(C(=O)NC3COCCOC3)cc2c1C. The summed E-state index contributed by atoms with van der Waals surface area (Å²) in [7, 11) is 0. The standard InChI is InChI=1S/C16H20N2O3/c1-10-3-4-14-13(11(10)2)7-15(18-14)16(19)17-12-8-20-5-6-21-9-12/h3-4,7,12,18H,5-6,8-9H2,1-2H3,(H,17,19). The van der Waals surface area contributed by atoms with Crippen molar-refractivity contribution in [2.45, 2.75) is 19.9 Å². The molecule has 0 spiro atoms. The predicted octanol–water partition coefficient (Wildman–Crippen LogP) is 1.93. The number of rotatable bonds is 2. The summed E-state index contributed by atoms with van der Waals surface area (Å²) in [6, 6.07) is 5.87. The van der Waals surface area contributed by atoms with Crippen LogP contribution in [-0.2, 0) is 9.47 Å². The molecular formula is C16H20N2O3. The molecule has 0 bridgehead atoms. The van der Waals surface area contributed by atoms with E-state index in [1.165, 1.54) is 11.1 Å². The van der Waals surface area contributed by atoms with Gasteiger partial charge in [0.25, 0.3) is 5.91 Å². The van der Waals surface area contributed by atoms with Crippen LogP contribution >= 0.6 is 0 Å². The van der Waals surface area contributed by atoms with Crippen LogP contribution in [0.5, 0.6) is 0 Å². The Labute approximate surface area is 123 Å². The van der Waals surface area contributed by atoms with E-state index in [1.807, 2.05) is 12.1 Å². The molecule has 21 heavy (non-hydrogen) atoms. The van der Waals surface area contributed by atoms with Crippen molar-refractivity contribution >= 4 is 16.8 Å². The molecule has 1 saturated heterocycles. The molecule has 5 heteroatoms. The summed E-state index contributed by atoms with van der Waals surface area (Å²) in [5, 5.41) is 4.04. The van der Waals surface area contributed by atoms with Gasteiger partial charge in [-0.3, -0.25) is 4.79 Å². The van der Waals surface area contributed by atoms with Crippen molar-refractivity contribution in [2.24, 2.45) is 0 Å². The minimum absolute atomic E-state index is 0.103. The summed E-state index contributed by atoms with van der Waals surface area (Å²) in [4.78, 5) is 15.5. The van der Waals surface area contributed by atoms with Gasteiger partial charge in [-0.15, -0.1) is 0 Å². The molecule has 1 fully saturated rings. The van der Waals surface area contributed by atoms with Crippen LogP contribution in [0.2, 0.25) is 0 Å². The number of ether oxygens (including phenoxy) is 2. The van der Waals surface area contributed by atoms with E-state index in [4.69, 9.17) is 9.47 Å². The van der Waals surface area contributed by atoms with Crippen LogP contribution in [0.15, 0.2) is 18.2 Å². The lowest BCUT2D eigenvalue weighted by Gasteiger charge is -2.14. The van der Waals surface area contributed by atoms with E-state index in [2.05, 4.69) is 30.2 Å². The summed E-state index contributed by atoms with van der Waals surface area (Å²) < 4.78 is 10.8. The summed E-state index contributed by atoms with van der Waals surface area (Å²) in [5.41, 5.74) is 3.97. The third kappa shape index (κ3) is 2.94. The van der Waals surface area contributed by atoms with Crippen LogP contribution in [0, 0.1) is 13.8 Å². The van der Waals surface area contributed by atoms with E-state index in [9.17, 15) is 4.79 Å². The zero-order valence-electron chi connectivity index (χ0n) is 12.4. The van der Waals surface area contributed by atoms with E-state index in [-0.39, 0.29) is 11.9 Å². The van der Waals surface area contributed by atoms with Crippen molar-refractivity contribution in [1.29, 1.82) is 0 Å². The molecule has 1 aromatic heterocycles. The van der Waals surface area contributed by atoms with E-state index in [0.29, 0.717) is 32.1 Å². The Morgan fingerprint density at radius 3 is 2.67 bits per heavy atom. The Morgan fingerprint density at radius 1 is 1.24 bits per heavy atom. The van der Waals surface area contributed by atoms with Crippen LogP contribution in [0.1, 0.15) is 21.6 Å². The van der Waals surface area contributed by atoms with Crippen LogP contribution in [-0.4, -0.2) is 43.4 Å². The van der Waals surface area contributed by atoms with Gasteiger partial charge in [0.1, 0.15) is 5.69 Å². The minimum atomic E-state index is -0.123. The molecule has 2 aromatic rings. The van der Waals surface area contributed by atoms with Crippen LogP contribution in [0.4, 0.5) is 0 Å². The maximum atomic E-state index is 12.3. The molecular weight excluding hydrogens is 268 g/mol. The van der Waals surface area contributed by atoms with Gasteiger partial charge >= 0.3 is 0 Å². The summed E-state index contributed by atoms with van der Waals surface area (Å²) >= 11 is 0. The maximum absolute atomic E-state index is 12.3. The molecule has 3 rings (SSSR count). The Balaban J connectivity index is 1.79. The quantitative estimate of drug-likeness (QED) is 0.887. The van der Waals surface area contributed by atoms with Gasteiger partial charge in [0.2, 0.25) is 0 Å². The first-order valence-electron chi connectivity index (χ1n) is 7.20. The van der Waals surface area contributed by atoms with Crippen LogP contribution in [0.25, 0.3) is 10.9 Å². The second kappa shape index (κ2) is 5.87. The molecule has 1 amide bonds. The number of aromatic amines is 1. The Morgan fingerprint density at radius 2 is 1.95 bits per heavy atom. The summed E-state index contributed by atoms with van der Waals surface area (Å²) in [6.45, 7) is 6.28. The van der Waals surface area contributed by atoms with E-state index in [0.717, 1.165) is 10.9 Å². The zero-order chi connectivity index (χ0) is 14.8. The highest BCUT2D eigenvalue weighted by Gasteiger charge is 2.18. The fourth-order valence-electron chi connectivity index (χ4n) is 2.54. The fourth-order valence-corrected chi connectivity index (χ4v) is 2.54. The first-order chi connectivity index (χ1) is 10.1. The average molecular weight is 288 g/mol. The van der Waals surface area contributed by atoms with Gasteiger partial charge < -0.3 is 19.8 Å². The summed E-state index contributed by atoms with van der Waals surface area (Å²) in [5.74, 6) is -0.123. The van der Waals surface area contributed by atoms with E-state index in [1.54, 1.807) is 0 Å². The lowest BCUT2D eigenvalue weighted by atomic mass is 10.1. The number of fused-ring (bicyclic) bond motifs is 1. The van der Waals surface area contributed by atoms with E-state index < -0.39 is 0 Å². The van der Waals surface area contributed by atoms with Crippen LogP contribution in [0.3, 0.4) is 0 Å². The van der Waals surface area contributed by atoms with Gasteiger partial charge in [0.15, 0.2) is 0 Å². The number of H-pyrrole nitrogens is 1. The van der Waals surface area contributed by atoms with E-state index >= 15 is 0 Å². The van der Waals surface area contributed by atoms with Gasteiger partial charge in [-0.2, -0.15) is 0 Å². The Kier molecular flexibility index (Phi) is 3.94. The van der Waals surface area contributed by atoms with Gasteiger partial charge in [0, 0.05) is 10.9 Å². The number of aromatic nitrogens is 1. The number of hydrogen-bond acceptors (Lipinski definition) is 3. The number of carbonyl (C=O) groups excluding carboxylic acids is 1. The highest BCUT2D eigenvalue weighted by molar-refractivity contribution is 5.99. The second-order valence-electron chi connectivity index (χ2n) is 5.47. The van der Waals surface area contributed by atoms with Gasteiger partial charge in [-0.05, 0) is 37.1 Å². The lowest BCUT2D eigenvalue weighted by Crippen LogP contribution is -2.40. The number of hydrogen-bond donors (Lipinski definition) is 2. The smallest absolute Gasteiger partial charge is 0.268 e. The molecule has 1 aliphatic rings. The minimum Gasteiger partial charge on any atom is -0.377 e. The first-order valence-corrected chi connectivity index (χ1v) is 7.20. The number of amides is 1. The molecule has 0 radical (unpaired) electrons. The highest BCUT2D eigenvalue weighted by Crippen LogP contribution is 2.22. The number of nitrogens with one attached hydrogen (secondary N) is 2. The third-order valence-corrected chi connectivity index (χ3v) is 3.93. The van der Waals surface area contributed by atoms with Crippen molar-refractivity contribution in [2.75, 3.05) is 26.4 Å². The summed E-state index contributed by atoms with van der Waals surface area (Å²) in [6.07, 6.45) is 0. The molecule has 5 nitrogen and oxygen atoms in total. The molecule has 112 valence electrons. The molecule has 0 aliphatic carbocycles. The predicted molar refractivity (Wildman–Crippen MR) is 80.7 cm³/mol. The van der Waals surface area contributed by atoms with Gasteiger partial charge in [-0.25, -0.2) is 0 Å². The van der Waals surface area contributed by atoms with Crippen molar-refractivity contribution < 1.29 is 14.3 Å². The van der Waals surface area contributed by atoms with Crippen molar-refractivity contribution in [3.63, 3.8) is 0 Å². The third-order valence-electron chi connectivity index (χ3n) is 3.93. The molecule has 0 atom stereocenters. The largest absolute Gasteiger partial charge is 0.377 e. The topological polar surface area (TPSA) is 63.4 Å². The van der Waals surface area contributed by atoms with Crippen molar-refractivity contribution in [1.82, 2.24) is 10.3 Å². The van der Waals surface area contributed by atoms with Gasteiger partial charge in [0.05, 0.1) is 32.5 Å². The molecule has 0 unspecified atom stereocenters. The lowest BCUT2D eigenvalue weighted by molar-refractivity contribution is 0.0872. The first kappa shape index (κ1) is 14.1. The molecule has 0 saturated carbocycles. The van der Waals surface area contributed by atoms with Crippen LogP contribution < -0.4 is 5.32 Å². The molecule has 1 aliphatic heterocycles. The zero-order valence-corrected chi connectivity index (χ0v) is 12.4. The number of carbonyl (C=O) groups is 1. The van der Waals surface area contributed by atoms with Crippen molar-refractivity contribution in [3.8, 4) is 0 Å².